The third kappa shape index (κ3) is 1.85. The number of hydrogen-bond acceptors (Lipinski definition) is 3. The molecular formula is C10H16N4. The highest BCUT2D eigenvalue weighted by Gasteiger charge is 2.19. The van der Waals surface area contributed by atoms with Crippen molar-refractivity contribution in [1.29, 1.82) is 0 Å². The molecule has 0 amide bonds. The van der Waals surface area contributed by atoms with Crippen molar-refractivity contribution in [2.24, 2.45) is 0 Å². The van der Waals surface area contributed by atoms with Crippen LogP contribution in [0.1, 0.15) is 24.6 Å². The van der Waals surface area contributed by atoms with Gasteiger partial charge in [-0.15, -0.1) is 16.8 Å². The molecule has 4 nitrogen and oxygen atoms in total. The normalized spacial score (nSPS) is 22.1. The monoisotopic (exact) mass is 192 g/mol. The van der Waals surface area contributed by atoms with Crippen molar-refractivity contribution in [3.05, 3.63) is 24.8 Å². The number of allylic oxidation sites excluding steroid dienone is 1. The summed E-state index contributed by atoms with van der Waals surface area (Å²) in [5.41, 5.74) is 0. The summed E-state index contributed by atoms with van der Waals surface area (Å²) in [5.74, 6) is 1.61. The van der Waals surface area contributed by atoms with Crippen molar-refractivity contribution in [3.8, 4) is 0 Å². The summed E-state index contributed by atoms with van der Waals surface area (Å²) >= 11 is 0. The molecule has 0 saturated carbocycles. The van der Waals surface area contributed by atoms with Gasteiger partial charge >= 0.3 is 0 Å². The summed E-state index contributed by atoms with van der Waals surface area (Å²) in [5, 5.41) is 11.5. The van der Waals surface area contributed by atoms with Crippen LogP contribution in [0, 0.1) is 0 Å². The highest BCUT2D eigenvalue weighted by Crippen LogP contribution is 2.20. The molecule has 2 rings (SSSR count). The van der Waals surface area contributed by atoms with Crippen LogP contribution in [0.25, 0.3) is 0 Å². The molecule has 0 bridgehead atoms. The Morgan fingerprint density at radius 3 is 3.36 bits per heavy atom. The molecule has 1 aromatic heterocycles. The first-order valence-electron chi connectivity index (χ1n) is 5.11. The molecule has 14 heavy (non-hydrogen) atoms. The van der Waals surface area contributed by atoms with Crippen LogP contribution in [0.2, 0.25) is 0 Å². The van der Waals surface area contributed by atoms with Crippen molar-refractivity contribution in [2.75, 3.05) is 13.1 Å². The number of piperidine rings is 1. The zero-order valence-corrected chi connectivity index (χ0v) is 8.32. The Labute approximate surface area is 84.0 Å². The smallest absolute Gasteiger partial charge is 0.137 e. The summed E-state index contributed by atoms with van der Waals surface area (Å²) in [6, 6.07) is 0. The van der Waals surface area contributed by atoms with Gasteiger partial charge in [0.25, 0.3) is 0 Å². The summed E-state index contributed by atoms with van der Waals surface area (Å²) < 4.78 is 2.07. The third-order valence-corrected chi connectivity index (χ3v) is 2.63. The van der Waals surface area contributed by atoms with Crippen LogP contribution >= 0.6 is 0 Å². The van der Waals surface area contributed by atoms with Crippen molar-refractivity contribution in [1.82, 2.24) is 20.1 Å². The van der Waals surface area contributed by atoms with Crippen molar-refractivity contribution < 1.29 is 0 Å². The predicted molar refractivity (Wildman–Crippen MR) is 55.1 cm³/mol. The summed E-state index contributed by atoms with van der Waals surface area (Å²) in [6.45, 7) is 6.69. The standard InChI is InChI=1S/C10H16N4/c1-2-6-14-8-12-13-10(14)9-4-3-5-11-7-9/h2,8-9,11H,1,3-7H2. The van der Waals surface area contributed by atoms with E-state index in [0.29, 0.717) is 5.92 Å². The predicted octanol–water partition coefficient (Wildman–Crippen LogP) is 0.931. The lowest BCUT2D eigenvalue weighted by atomic mass is 9.99. The van der Waals surface area contributed by atoms with Gasteiger partial charge in [-0.1, -0.05) is 6.08 Å². The molecule has 0 aliphatic carbocycles. The van der Waals surface area contributed by atoms with Crippen LogP contribution < -0.4 is 5.32 Å². The first-order chi connectivity index (χ1) is 6.92. The fourth-order valence-corrected chi connectivity index (χ4v) is 1.93. The molecule has 1 saturated heterocycles. The van der Waals surface area contributed by atoms with Crippen LogP contribution in [0.3, 0.4) is 0 Å². The zero-order valence-electron chi connectivity index (χ0n) is 8.32. The number of rotatable bonds is 3. The summed E-state index contributed by atoms with van der Waals surface area (Å²) in [7, 11) is 0. The van der Waals surface area contributed by atoms with E-state index < -0.39 is 0 Å². The van der Waals surface area contributed by atoms with Crippen molar-refractivity contribution in [2.45, 2.75) is 25.3 Å². The first-order valence-corrected chi connectivity index (χ1v) is 5.11. The van der Waals surface area contributed by atoms with E-state index in [0.717, 1.165) is 25.5 Å². The zero-order chi connectivity index (χ0) is 9.80. The average Bonchev–Trinajstić information content (AvgIpc) is 2.68. The highest BCUT2D eigenvalue weighted by atomic mass is 15.3. The van der Waals surface area contributed by atoms with E-state index in [-0.39, 0.29) is 0 Å². The van der Waals surface area contributed by atoms with E-state index in [9.17, 15) is 0 Å². The van der Waals surface area contributed by atoms with Gasteiger partial charge in [0, 0.05) is 19.0 Å². The topological polar surface area (TPSA) is 42.7 Å². The molecule has 1 unspecified atom stereocenters. The van der Waals surface area contributed by atoms with E-state index in [2.05, 4.69) is 26.7 Å². The minimum atomic E-state index is 0.520. The molecule has 0 spiro atoms. The molecule has 1 aliphatic heterocycles. The van der Waals surface area contributed by atoms with E-state index in [4.69, 9.17) is 0 Å². The van der Waals surface area contributed by atoms with E-state index in [1.165, 1.54) is 12.8 Å². The minimum absolute atomic E-state index is 0.520. The third-order valence-electron chi connectivity index (χ3n) is 2.63. The number of nitrogens with one attached hydrogen (secondary N) is 1. The largest absolute Gasteiger partial charge is 0.316 e. The fraction of sp³-hybridized carbons (Fsp3) is 0.600. The minimum Gasteiger partial charge on any atom is -0.316 e. The molecule has 2 heterocycles. The maximum absolute atomic E-state index is 4.18. The van der Waals surface area contributed by atoms with Crippen LogP contribution in [0.5, 0.6) is 0 Å². The lowest BCUT2D eigenvalue weighted by molar-refractivity contribution is 0.435. The maximum Gasteiger partial charge on any atom is 0.137 e. The fourth-order valence-electron chi connectivity index (χ4n) is 1.93. The van der Waals surface area contributed by atoms with Crippen LogP contribution in [0.15, 0.2) is 19.0 Å². The Bertz CT molecular complexity index is 299. The Hall–Kier alpha value is -1.16. The molecule has 0 radical (unpaired) electrons. The molecule has 0 aromatic carbocycles. The van der Waals surface area contributed by atoms with E-state index in [1.54, 1.807) is 6.33 Å². The highest BCUT2D eigenvalue weighted by molar-refractivity contribution is 5.00. The molecule has 1 fully saturated rings. The lowest BCUT2D eigenvalue weighted by Gasteiger charge is -2.22. The summed E-state index contributed by atoms with van der Waals surface area (Å²) in [6.07, 6.45) is 6.10. The van der Waals surface area contributed by atoms with Gasteiger partial charge in [0.15, 0.2) is 0 Å². The van der Waals surface area contributed by atoms with Gasteiger partial charge in [-0.05, 0) is 19.4 Å². The van der Waals surface area contributed by atoms with Crippen LogP contribution in [0.4, 0.5) is 0 Å². The Morgan fingerprint density at radius 2 is 2.64 bits per heavy atom. The molecule has 76 valence electrons. The van der Waals surface area contributed by atoms with Gasteiger partial charge in [0.2, 0.25) is 0 Å². The first kappa shape index (κ1) is 9.40. The molecular weight excluding hydrogens is 176 g/mol. The SMILES string of the molecule is C=CCn1cnnc1C1CCCNC1. The van der Waals surface area contributed by atoms with Gasteiger partial charge in [-0.2, -0.15) is 0 Å². The van der Waals surface area contributed by atoms with Gasteiger partial charge < -0.3 is 9.88 Å². The molecule has 1 aliphatic rings. The van der Waals surface area contributed by atoms with Gasteiger partial charge in [-0.3, -0.25) is 0 Å². The Morgan fingerprint density at radius 1 is 1.71 bits per heavy atom. The molecule has 4 heteroatoms. The quantitative estimate of drug-likeness (QED) is 0.724. The number of aromatic nitrogens is 3. The lowest BCUT2D eigenvalue weighted by Crippen LogP contribution is -2.30. The van der Waals surface area contributed by atoms with Crippen molar-refractivity contribution in [3.63, 3.8) is 0 Å². The average molecular weight is 192 g/mol. The summed E-state index contributed by atoms with van der Waals surface area (Å²) in [4.78, 5) is 0. The second-order valence-electron chi connectivity index (χ2n) is 3.67. The molecule has 1 N–H and O–H groups in total. The van der Waals surface area contributed by atoms with E-state index >= 15 is 0 Å². The Balaban J connectivity index is 2.12. The second-order valence-corrected chi connectivity index (χ2v) is 3.67. The maximum atomic E-state index is 4.18. The number of hydrogen-bond donors (Lipinski definition) is 1. The van der Waals surface area contributed by atoms with Gasteiger partial charge in [0.05, 0.1) is 0 Å². The molecule has 1 aromatic rings. The van der Waals surface area contributed by atoms with E-state index in [1.807, 2.05) is 6.08 Å². The van der Waals surface area contributed by atoms with Gasteiger partial charge in [-0.25, -0.2) is 0 Å². The van der Waals surface area contributed by atoms with Crippen LogP contribution in [-0.4, -0.2) is 27.9 Å². The second kappa shape index (κ2) is 4.37. The van der Waals surface area contributed by atoms with Crippen LogP contribution in [-0.2, 0) is 6.54 Å². The number of nitrogens with zero attached hydrogens (tertiary/aromatic N) is 3. The van der Waals surface area contributed by atoms with Gasteiger partial charge in [0.1, 0.15) is 12.2 Å². The molecule has 1 atom stereocenters. The Kier molecular flexibility index (Phi) is 2.93. The van der Waals surface area contributed by atoms with Crippen molar-refractivity contribution >= 4 is 0 Å².